The standard InChI is InChI=1S/C14H30O2/c1-6-12(2)8-7-9-13(3)10-11-14(15-4)16-5/h12-14H,6-11H2,1-5H3/t12-,13-/m0/s1. The normalized spacial score (nSPS) is 15.4. The van der Waals surface area contributed by atoms with Crippen LogP contribution in [-0.4, -0.2) is 20.5 Å². The van der Waals surface area contributed by atoms with Gasteiger partial charge in [-0.15, -0.1) is 0 Å². The summed E-state index contributed by atoms with van der Waals surface area (Å²) in [4.78, 5) is 0. The van der Waals surface area contributed by atoms with Crippen LogP contribution >= 0.6 is 0 Å². The Labute approximate surface area is 102 Å². The first kappa shape index (κ1) is 15.9. The number of ether oxygens (including phenoxy) is 2. The maximum absolute atomic E-state index is 5.19. The van der Waals surface area contributed by atoms with Crippen molar-refractivity contribution in [1.29, 1.82) is 0 Å². The maximum atomic E-state index is 5.19. The second-order valence-corrected chi connectivity index (χ2v) is 5.03. The average Bonchev–Trinajstić information content (AvgIpc) is 2.30. The second kappa shape index (κ2) is 10.1. The summed E-state index contributed by atoms with van der Waals surface area (Å²) in [5, 5.41) is 0. The van der Waals surface area contributed by atoms with E-state index in [0.717, 1.165) is 18.3 Å². The van der Waals surface area contributed by atoms with Crippen molar-refractivity contribution in [2.75, 3.05) is 14.2 Å². The Kier molecular flexibility index (Phi) is 10.0. The molecule has 0 aromatic carbocycles. The van der Waals surface area contributed by atoms with Crippen LogP contribution in [0.2, 0.25) is 0 Å². The molecule has 0 aromatic heterocycles. The lowest BCUT2D eigenvalue weighted by Gasteiger charge is -2.17. The van der Waals surface area contributed by atoms with Gasteiger partial charge in [0, 0.05) is 14.2 Å². The summed E-state index contributed by atoms with van der Waals surface area (Å²) in [6.07, 6.45) is 7.58. The molecule has 98 valence electrons. The third kappa shape index (κ3) is 8.12. The molecule has 0 aliphatic rings. The summed E-state index contributed by atoms with van der Waals surface area (Å²) in [5.41, 5.74) is 0. The summed E-state index contributed by atoms with van der Waals surface area (Å²) in [6.45, 7) is 6.95. The van der Waals surface area contributed by atoms with Crippen LogP contribution < -0.4 is 0 Å². The number of hydrogen-bond acceptors (Lipinski definition) is 2. The fourth-order valence-corrected chi connectivity index (χ4v) is 1.92. The summed E-state index contributed by atoms with van der Waals surface area (Å²) in [6, 6.07) is 0. The number of rotatable bonds is 10. The molecular weight excluding hydrogens is 200 g/mol. The molecule has 0 N–H and O–H groups in total. The molecule has 0 fully saturated rings. The highest BCUT2D eigenvalue weighted by Gasteiger charge is 2.09. The smallest absolute Gasteiger partial charge is 0.156 e. The van der Waals surface area contributed by atoms with Crippen molar-refractivity contribution in [3.05, 3.63) is 0 Å². The molecule has 0 bridgehead atoms. The number of methoxy groups -OCH3 is 2. The van der Waals surface area contributed by atoms with Gasteiger partial charge in [-0.3, -0.25) is 0 Å². The van der Waals surface area contributed by atoms with E-state index in [4.69, 9.17) is 9.47 Å². The highest BCUT2D eigenvalue weighted by molar-refractivity contribution is 4.58. The minimum Gasteiger partial charge on any atom is -0.356 e. The van der Waals surface area contributed by atoms with Gasteiger partial charge < -0.3 is 9.47 Å². The predicted octanol–water partition coefficient (Wildman–Crippen LogP) is 4.24. The van der Waals surface area contributed by atoms with Gasteiger partial charge in [-0.25, -0.2) is 0 Å². The third-order valence-electron chi connectivity index (χ3n) is 3.51. The lowest BCUT2D eigenvalue weighted by molar-refractivity contribution is -0.108. The molecule has 0 amide bonds. The molecule has 0 radical (unpaired) electrons. The quantitative estimate of drug-likeness (QED) is 0.523. The zero-order valence-corrected chi connectivity index (χ0v) is 11.8. The van der Waals surface area contributed by atoms with Crippen LogP contribution in [0, 0.1) is 11.8 Å². The molecule has 0 heterocycles. The Morgan fingerprint density at radius 3 is 1.88 bits per heavy atom. The topological polar surface area (TPSA) is 18.5 Å². The maximum Gasteiger partial charge on any atom is 0.156 e. The lowest BCUT2D eigenvalue weighted by atomic mass is 9.94. The molecule has 2 nitrogen and oxygen atoms in total. The second-order valence-electron chi connectivity index (χ2n) is 5.03. The van der Waals surface area contributed by atoms with Gasteiger partial charge >= 0.3 is 0 Å². The molecule has 0 spiro atoms. The van der Waals surface area contributed by atoms with E-state index < -0.39 is 0 Å². The van der Waals surface area contributed by atoms with E-state index in [1.807, 2.05) is 0 Å². The van der Waals surface area contributed by atoms with Crippen molar-refractivity contribution in [2.24, 2.45) is 11.8 Å². The molecule has 2 heteroatoms. The third-order valence-corrected chi connectivity index (χ3v) is 3.51. The molecule has 0 aliphatic carbocycles. The minimum absolute atomic E-state index is 0.0167. The molecule has 0 saturated carbocycles. The first-order valence-corrected chi connectivity index (χ1v) is 6.69. The van der Waals surface area contributed by atoms with Crippen molar-refractivity contribution in [3.8, 4) is 0 Å². The van der Waals surface area contributed by atoms with E-state index in [2.05, 4.69) is 20.8 Å². The average molecular weight is 230 g/mol. The predicted molar refractivity (Wildman–Crippen MR) is 69.5 cm³/mol. The van der Waals surface area contributed by atoms with Gasteiger partial charge in [0.25, 0.3) is 0 Å². The summed E-state index contributed by atoms with van der Waals surface area (Å²) < 4.78 is 10.4. The van der Waals surface area contributed by atoms with Crippen LogP contribution in [0.15, 0.2) is 0 Å². The number of hydrogen-bond donors (Lipinski definition) is 0. The molecule has 0 aliphatic heterocycles. The molecule has 2 atom stereocenters. The van der Waals surface area contributed by atoms with Crippen LogP contribution in [0.4, 0.5) is 0 Å². The fraction of sp³-hybridized carbons (Fsp3) is 1.00. The monoisotopic (exact) mass is 230 g/mol. The van der Waals surface area contributed by atoms with E-state index in [0.29, 0.717) is 0 Å². The fourth-order valence-electron chi connectivity index (χ4n) is 1.92. The van der Waals surface area contributed by atoms with Crippen LogP contribution in [-0.2, 0) is 9.47 Å². The van der Waals surface area contributed by atoms with Crippen molar-refractivity contribution in [2.45, 2.75) is 65.6 Å². The van der Waals surface area contributed by atoms with Crippen molar-refractivity contribution >= 4 is 0 Å². The van der Waals surface area contributed by atoms with E-state index in [-0.39, 0.29) is 6.29 Å². The Morgan fingerprint density at radius 1 is 0.812 bits per heavy atom. The van der Waals surface area contributed by atoms with Gasteiger partial charge in [0.05, 0.1) is 0 Å². The van der Waals surface area contributed by atoms with Gasteiger partial charge in [0.15, 0.2) is 6.29 Å². The summed E-state index contributed by atoms with van der Waals surface area (Å²) >= 11 is 0. The van der Waals surface area contributed by atoms with Gasteiger partial charge in [-0.1, -0.05) is 46.5 Å². The van der Waals surface area contributed by atoms with Crippen LogP contribution in [0.5, 0.6) is 0 Å². The van der Waals surface area contributed by atoms with E-state index in [1.165, 1.54) is 32.1 Å². The first-order chi connectivity index (χ1) is 7.63. The Balaban J connectivity index is 3.47. The highest BCUT2D eigenvalue weighted by Crippen LogP contribution is 2.19. The highest BCUT2D eigenvalue weighted by atomic mass is 16.7. The van der Waals surface area contributed by atoms with E-state index in [1.54, 1.807) is 14.2 Å². The summed E-state index contributed by atoms with van der Waals surface area (Å²) in [7, 11) is 3.42. The molecular formula is C14H30O2. The van der Waals surface area contributed by atoms with Crippen molar-refractivity contribution in [3.63, 3.8) is 0 Å². The molecule has 16 heavy (non-hydrogen) atoms. The Morgan fingerprint density at radius 2 is 1.38 bits per heavy atom. The van der Waals surface area contributed by atoms with Crippen LogP contribution in [0.3, 0.4) is 0 Å². The SMILES string of the molecule is CC[C@H](C)CCC[C@H](C)CCC(OC)OC. The zero-order chi connectivity index (χ0) is 12.4. The minimum atomic E-state index is -0.0167. The first-order valence-electron chi connectivity index (χ1n) is 6.69. The molecule has 0 saturated heterocycles. The Hall–Kier alpha value is -0.0800. The Bertz CT molecular complexity index is 144. The summed E-state index contributed by atoms with van der Waals surface area (Å²) in [5.74, 6) is 1.68. The zero-order valence-electron chi connectivity index (χ0n) is 11.8. The van der Waals surface area contributed by atoms with Crippen molar-refractivity contribution < 1.29 is 9.47 Å². The van der Waals surface area contributed by atoms with Crippen LogP contribution in [0.1, 0.15) is 59.3 Å². The van der Waals surface area contributed by atoms with E-state index >= 15 is 0 Å². The van der Waals surface area contributed by atoms with Crippen LogP contribution in [0.25, 0.3) is 0 Å². The van der Waals surface area contributed by atoms with Gasteiger partial charge in [-0.05, 0) is 24.7 Å². The van der Waals surface area contributed by atoms with Gasteiger partial charge in [0.2, 0.25) is 0 Å². The molecule has 0 aromatic rings. The largest absolute Gasteiger partial charge is 0.356 e. The molecule has 0 unspecified atom stereocenters. The molecule has 0 rings (SSSR count). The van der Waals surface area contributed by atoms with Gasteiger partial charge in [-0.2, -0.15) is 0 Å². The van der Waals surface area contributed by atoms with Gasteiger partial charge in [0.1, 0.15) is 0 Å². The lowest BCUT2D eigenvalue weighted by Crippen LogP contribution is -2.14. The van der Waals surface area contributed by atoms with E-state index in [9.17, 15) is 0 Å². The van der Waals surface area contributed by atoms with Crippen molar-refractivity contribution in [1.82, 2.24) is 0 Å².